The summed E-state index contributed by atoms with van der Waals surface area (Å²) in [4.78, 5) is 34.4. The number of piperazine rings is 1. The summed E-state index contributed by atoms with van der Waals surface area (Å²) >= 11 is 0. The average Bonchev–Trinajstić information content (AvgIpc) is 3.20. The molecule has 0 aliphatic carbocycles. The van der Waals surface area contributed by atoms with Crippen LogP contribution < -0.4 is 4.74 Å². The topological polar surface area (TPSA) is 65.6 Å². The van der Waals surface area contributed by atoms with Crippen molar-refractivity contribution < 1.29 is 14.3 Å². The number of hydrogen-bond acceptors (Lipinski definition) is 3. The highest BCUT2D eigenvalue weighted by Crippen LogP contribution is 2.44. The number of amides is 2. The van der Waals surface area contributed by atoms with E-state index in [1.807, 2.05) is 48.2 Å². The highest BCUT2D eigenvalue weighted by atomic mass is 16.5. The van der Waals surface area contributed by atoms with Crippen molar-refractivity contribution >= 4 is 22.7 Å². The first-order valence-electron chi connectivity index (χ1n) is 12.0. The van der Waals surface area contributed by atoms with Gasteiger partial charge in [-0.2, -0.15) is 0 Å². The maximum absolute atomic E-state index is 13.6. The van der Waals surface area contributed by atoms with Crippen LogP contribution in [0.5, 0.6) is 5.75 Å². The van der Waals surface area contributed by atoms with Gasteiger partial charge in [-0.25, -0.2) is 0 Å². The number of nitrogens with one attached hydrogen (secondary N) is 1. The fourth-order valence-electron chi connectivity index (χ4n) is 5.38. The van der Waals surface area contributed by atoms with Crippen LogP contribution in [-0.2, 0) is 16.0 Å². The number of hydrogen-bond donors (Lipinski definition) is 1. The molecule has 2 aliphatic rings. The molecule has 0 saturated carbocycles. The van der Waals surface area contributed by atoms with Crippen LogP contribution in [0, 0.1) is 0 Å². The summed E-state index contributed by atoms with van der Waals surface area (Å²) < 4.78 is 5.96. The Kier molecular flexibility index (Phi) is 5.83. The van der Waals surface area contributed by atoms with Crippen molar-refractivity contribution in [3.05, 3.63) is 65.4 Å². The summed E-state index contributed by atoms with van der Waals surface area (Å²) in [6.07, 6.45) is 3.60. The van der Waals surface area contributed by atoms with Gasteiger partial charge in [0.15, 0.2) is 0 Å². The molecule has 1 saturated heterocycles. The zero-order valence-electron chi connectivity index (χ0n) is 19.3. The number of ether oxygens (including phenoxy) is 1. The number of H-pyrrole nitrogens is 1. The summed E-state index contributed by atoms with van der Waals surface area (Å²) in [6, 6.07) is 15.2. The van der Waals surface area contributed by atoms with Gasteiger partial charge in [0.2, 0.25) is 11.8 Å². The molecule has 1 fully saturated rings. The Bertz CT molecular complexity index is 1180. The third-order valence-electron chi connectivity index (χ3n) is 6.89. The minimum absolute atomic E-state index is 0.00305. The molecule has 2 atom stereocenters. The van der Waals surface area contributed by atoms with Crippen molar-refractivity contribution in [3.63, 3.8) is 0 Å². The van der Waals surface area contributed by atoms with Gasteiger partial charge in [0.25, 0.3) is 0 Å². The maximum Gasteiger partial charge on any atom is 0.246 e. The Labute approximate surface area is 194 Å². The van der Waals surface area contributed by atoms with Crippen LogP contribution in [0.25, 0.3) is 10.9 Å². The highest BCUT2D eigenvalue weighted by molar-refractivity contribution is 5.97. The Hall–Kier alpha value is -3.28. The Morgan fingerprint density at radius 3 is 2.64 bits per heavy atom. The van der Waals surface area contributed by atoms with Gasteiger partial charge in [0, 0.05) is 35.1 Å². The lowest BCUT2D eigenvalue weighted by Crippen LogP contribution is -2.63. The maximum atomic E-state index is 13.6. The first-order valence-corrected chi connectivity index (χ1v) is 12.0. The number of nitrogens with zero attached hydrogens (tertiary/aromatic N) is 2. The fourth-order valence-corrected chi connectivity index (χ4v) is 5.38. The molecule has 3 aromatic rings. The molecule has 1 aromatic heterocycles. The first-order chi connectivity index (χ1) is 16.1. The second kappa shape index (κ2) is 8.93. The molecule has 0 radical (unpaired) electrons. The summed E-state index contributed by atoms with van der Waals surface area (Å²) in [5, 5.41) is 1.12. The molecule has 0 bridgehead atoms. The number of rotatable bonds is 7. The number of aromatic amines is 1. The smallest absolute Gasteiger partial charge is 0.246 e. The molecule has 172 valence electrons. The SMILES string of the molecule is CCCCCN1CC(=O)N2[C@@H](c3ccccc3OCC)c3[nH]c4ccccc4c3C[C@H]2C1=O. The largest absolute Gasteiger partial charge is 0.494 e. The van der Waals surface area contributed by atoms with Crippen LogP contribution in [0.1, 0.15) is 56.0 Å². The number of para-hydroxylation sites is 2. The number of benzene rings is 2. The van der Waals surface area contributed by atoms with E-state index in [-0.39, 0.29) is 24.4 Å². The first kappa shape index (κ1) is 21.6. The lowest BCUT2D eigenvalue weighted by Gasteiger charge is -2.47. The number of carbonyl (C=O) groups excluding carboxylic acids is 2. The molecular formula is C27H31N3O3. The molecule has 33 heavy (non-hydrogen) atoms. The molecular weight excluding hydrogens is 414 g/mol. The minimum Gasteiger partial charge on any atom is -0.494 e. The van der Waals surface area contributed by atoms with Gasteiger partial charge in [-0.1, -0.05) is 56.2 Å². The van der Waals surface area contributed by atoms with Crippen LogP contribution in [0.2, 0.25) is 0 Å². The number of carbonyl (C=O) groups is 2. The van der Waals surface area contributed by atoms with E-state index in [9.17, 15) is 9.59 Å². The molecule has 3 heterocycles. The average molecular weight is 446 g/mol. The van der Waals surface area contributed by atoms with E-state index in [0.29, 0.717) is 19.6 Å². The second-order valence-corrected chi connectivity index (χ2v) is 8.92. The standard InChI is InChI=1S/C27H31N3O3/c1-3-5-10-15-29-17-24(31)30-22(27(29)32)16-20-18-11-6-8-13-21(18)28-25(20)26(30)19-12-7-9-14-23(19)33-4-2/h6-9,11-14,22,26,28H,3-5,10,15-17H2,1-2H3/t22-,26-/m0/s1. The van der Waals surface area contributed by atoms with E-state index in [4.69, 9.17) is 4.74 Å². The van der Waals surface area contributed by atoms with Gasteiger partial charge in [0.05, 0.1) is 13.2 Å². The quantitative estimate of drug-likeness (QED) is 0.547. The predicted octanol–water partition coefficient (Wildman–Crippen LogP) is 4.44. The normalized spacial score (nSPS) is 20.2. The number of fused-ring (bicyclic) bond motifs is 4. The van der Waals surface area contributed by atoms with E-state index in [2.05, 4.69) is 24.0 Å². The molecule has 0 spiro atoms. The summed E-state index contributed by atoms with van der Waals surface area (Å²) in [7, 11) is 0. The molecule has 0 unspecified atom stereocenters. The van der Waals surface area contributed by atoms with Gasteiger partial charge < -0.3 is 19.5 Å². The third kappa shape index (κ3) is 3.67. The molecule has 2 aromatic carbocycles. The molecule has 6 nitrogen and oxygen atoms in total. The van der Waals surface area contributed by atoms with E-state index < -0.39 is 6.04 Å². The zero-order valence-corrected chi connectivity index (χ0v) is 19.3. The van der Waals surface area contributed by atoms with E-state index >= 15 is 0 Å². The van der Waals surface area contributed by atoms with Gasteiger partial charge in [-0.3, -0.25) is 9.59 Å². The van der Waals surface area contributed by atoms with Crippen LogP contribution in [0.4, 0.5) is 0 Å². The van der Waals surface area contributed by atoms with Crippen LogP contribution in [0.15, 0.2) is 48.5 Å². The Morgan fingerprint density at radius 2 is 1.82 bits per heavy atom. The summed E-state index contributed by atoms with van der Waals surface area (Å²) in [5.74, 6) is 0.804. The summed E-state index contributed by atoms with van der Waals surface area (Å²) in [6.45, 7) is 5.42. The molecule has 6 heteroatoms. The van der Waals surface area contributed by atoms with Crippen molar-refractivity contribution in [2.75, 3.05) is 19.7 Å². The van der Waals surface area contributed by atoms with Crippen molar-refractivity contribution in [1.29, 1.82) is 0 Å². The van der Waals surface area contributed by atoms with Crippen LogP contribution in [0.3, 0.4) is 0 Å². The van der Waals surface area contributed by atoms with Gasteiger partial charge >= 0.3 is 0 Å². The van der Waals surface area contributed by atoms with Crippen molar-refractivity contribution in [2.24, 2.45) is 0 Å². The highest BCUT2D eigenvalue weighted by Gasteiger charge is 2.48. The Balaban J connectivity index is 1.64. The second-order valence-electron chi connectivity index (χ2n) is 8.92. The van der Waals surface area contributed by atoms with Gasteiger partial charge in [0.1, 0.15) is 17.8 Å². The van der Waals surface area contributed by atoms with Gasteiger partial charge in [-0.15, -0.1) is 0 Å². The number of unbranched alkanes of at least 4 members (excludes halogenated alkanes) is 2. The van der Waals surface area contributed by atoms with Gasteiger partial charge in [-0.05, 0) is 31.0 Å². The third-order valence-corrected chi connectivity index (χ3v) is 6.89. The van der Waals surface area contributed by atoms with Crippen molar-refractivity contribution in [3.8, 4) is 5.75 Å². The predicted molar refractivity (Wildman–Crippen MR) is 128 cm³/mol. The van der Waals surface area contributed by atoms with E-state index in [0.717, 1.165) is 52.7 Å². The molecule has 2 aliphatic heterocycles. The van der Waals surface area contributed by atoms with Crippen LogP contribution in [-0.4, -0.2) is 52.3 Å². The van der Waals surface area contributed by atoms with E-state index in [1.54, 1.807) is 4.90 Å². The lowest BCUT2D eigenvalue weighted by atomic mass is 9.86. The fraction of sp³-hybridized carbons (Fsp3) is 0.407. The van der Waals surface area contributed by atoms with E-state index in [1.165, 1.54) is 0 Å². The lowest BCUT2D eigenvalue weighted by molar-refractivity contribution is -0.158. The Morgan fingerprint density at radius 1 is 1.03 bits per heavy atom. The molecule has 2 amide bonds. The number of aromatic nitrogens is 1. The molecule has 1 N–H and O–H groups in total. The van der Waals surface area contributed by atoms with Crippen molar-refractivity contribution in [2.45, 2.75) is 51.6 Å². The minimum atomic E-state index is -0.501. The summed E-state index contributed by atoms with van der Waals surface area (Å²) in [5.41, 5.74) is 4.05. The molecule has 5 rings (SSSR count). The zero-order chi connectivity index (χ0) is 22.9. The monoisotopic (exact) mass is 445 g/mol. The van der Waals surface area contributed by atoms with Crippen LogP contribution >= 0.6 is 0 Å². The van der Waals surface area contributed by atoms with Crippen molar-refractivity contribution in [1.82, 2.24) is 14.8 Å².